The molecule has 5 nitrogen and oxygen atoms in total. The summed E-state index contributed by atoms with van der Waals surface area (Å²) >= 11 is 5.76. The third-order valence-electron chi connectivity index (χ3n) is 3.15. The van der Waals surface area contributed by atoms with Crippen molar-refractivity contribution in [1.29, 1.82) is 0 Å². The highest BCUT2D eigenvalue weighted by Gasteiger charge is 2.32. The Hall–Kier alpha value is -1.49. The van der Waals surface area contributed by atoms with Crippen LogP contribution in [-0.2, 0) is 4.79 Å². The predicted molar refractivity (Wildman–Crippen MR) is 64.6 cm³/mol. The molecule has 1 aliphatic heterocycles. The summed E-state index contributed by atoms with van der Waals surface area (Å²) in [6.45, 7) is 0.442. The second kappa shape index (κ2) is 5.44. The summed E-state index contributed by atoms with van der Waals surface area (Å²) in [6.07, 6.45) is 4.37. The zero-order valence-corrected chi connectivity index (χ0v) is 10.5. The number of amides is 1. The Bertz CT molecular complexity index is 457. The van der Waals surface area contributed by atoms with Crippen molar-refractivity contribution in [3.8, 4) is 0 Å². The molecule has 1 aliphatic rings. The Balaban J connectivity index is 2.25. The number of rotatable bonds is 2. The van der Waals surface area contributed by atoms with Gasteiger partial charge in [-0.1, -0.05) is 12.8 Å². The molecule has 0 aromatic carbocycles. The van der Waals surface area contributed by atoms with Gasteiger partial charge >= 0.3 is 5.97 Å². The van der Waals surface area contributed by atoms with E-state index in [1.54, 1.807) is 0 Å². The molecule has 0 aliphatic carbocycles. The first-order valence-corrected chi connectivity index (χ1v) is 6.26. The lowest BCUT2D eigenvalue weighted by Gasteiger charge is -2.26. The van der Waals surface area contributed by atoms with Gasteiger partial charge in [-0.3, -0.25) is 4.79 Å². The molecular weight excluding hydrogens is 258 g/mol. The highest BCUT2D eigenvalue weighted by molar-refractivity contribution is 6.32. The van der Waals surface area contributed by atoms with Crippen molar-refractivity contribution in [1.82, 2.24) is 4.90 Å². The predicted octanol–water partition coefficient (Wildman–Crippen LogP) is 2.40. The SMILES string of the molecule is O=C(O)C1CCCCCN1C(=O)c1ccoc1Cl. The van der Waals surface area contributed by atoms with Crippen molar-refractivity contribution in [3.05, 3.63) is 23.1 Å². The number of carbonyl (C=O) groups is 2. The van der Waals surface area contributed by atoms with E-state index >= 15 is 0 Å². The standard InChI is InChI=1S/C12H14ClNO4/c13-10-8(5-7-18-10)11(15)14-6-3-1-2-4-9(14)12(16)17/h5,7,9H,1-4,6H2,(H,16,17). The lowest BCUT2D eigenvalue weighted by Crippen LogP contribution is -2.44. The summed E-state index contributed by atoms with van der Waals surface area (Å²) in [5, 5.41) is 9.21. The van der Waals surface area contributed by atoms with Crippen LogP contribution in [0.15, 0.2) is 16.7 Å². The van der Waals surface area contributed by atoms with Gasteiger partial charge in [-0.2, -0.15) is 0 Å². The quantitative estimate of drug-likeness (QED) is 0.897. The summed E-state index contributed by atoms with van der Waals surface area (Å²) in [4.78, 5) is 24.9. The molecule has 1 aromatic rings. The molecule has 0 saturated carbocycles. The summed E-state index contributed by atoms with van der Waals surface area (Å²) in [6, 6.07) is 0.694. The maximum absolute atomic E-state index is 12.3. The molecule has 1 unspecified atom stereocenters. The minimum absolute atomic E-state index is 0.00776. The maximum atomic E-state index is 12.3. The van der Waals surface area contributed by atoms with Gasteiger partial charge in [0.2, 0.25) is 5.22 Å². The first kappa shape index (κ1) is 13.0. The Morgan fingerprint density at radius 2 is 2.17 bits per heavy atom. The van der Waals surface area contributed by atoms with E-state index in [-0.39, 0.29) is 16.7 Å². The maximum Gasteiger partial charge on any atom is 0.326 e. The average molecular weight is 272 g/mol. The first-order chi connectivity index (χ1) is 8.61. The van der Waals surface area contributed by atoms with Crippen molar-refractivity contribution < 1.29 is 19.1 Å². The van der Waals surface area contributed by atoms with Crippen LogP contribution in [0.25, 0.3) is 0 Å². The third-order valence-corrected chi connectivity index (χ3v) is 3.44. The number of hydrogen-bond acceptors (Lipinski definition) is 3. The fourth-order valence-corrected chi connectivity index (χ4v) is 2.40. The van der Waals surface area contributed by atoms with Crippen LogP contribution in [0, 0.1) is 0 Å². The number of likely N-dealkylation sites (tertiary alicyclic amines) is 1. The molecule has 18 heavy (non-hydrogen) atoms. The largest absolute Gasteiger partial charge is 0.480 e. The van der Waals surface area contributed by atoms with Crippen LogP contribution >= 0.6 is 11.6 Å². The molecule has 1 amide bonds. The number of hydrogen-bond donors (Lipinski definition) is 1. The Labute approximate surface area is 109 Å². The Kier molecular flexibility index (Phi) is 3.91. The van der Waals surface area contributed by atoms with Crippen LogP contribution in [0.3, 0.4) is 0 Å². The highest BCUT2D eigenvalue weighted by atomic mass is 35.5. The van der Waals surface area contributed by atoms with Gasteiger partial charge in [0.1, 0.15) is 6.04 Å². The van der Waals surface area contributed by atoms with Crippen molar-refractivity contribution in [2.24, 2.45) is 0 Å². The minimum Gasteiger partial charge on any atom is -0.480 e. The van der Waals surface area contributed by atoms with Crippen molar-refractivity contribution in [3.63, 3.8) is 0 Å². The molecule has 6 heteroatoms. The molecule has 0 radical (unpaired) electrons. The lowest BCUT2D eigenvalue weighted by atomic mass is 10.1. The van der Waals surface area contributed by atoms with Crippen molar-refractivity contribution in [2.45, 2.75) is 31.7 Å². The topological polar surface area (TPSA) is 70.8 Å². The number of halogens is 1. The highest BCUT2D eigenvalue weighted by Crippen LogP contribution is 2.23. The van der Waals surface area contributed by atoms with E-state index in [2.05, 4.69) is 0 Å². The van der Waals surface area contributed by atoms with E-state index in [0.29, 0.717) is 13.0 Å². The number of carboxylic acids is 1. The molecule has 2 rings (SSSR count). The van der Waals surface area contributed by atoms with E-state index in [1.807, 2.05) is 0 Å². The van der Waals surface area contributed by atoms with Crippen LogP contribution in [-0.4, -0.2) is 34.5 Å². The lowest BCUT2D eigenvalue weighted by molar-refractivity contribution is -0.142. The van der Waals surface area contributed by atoms with Gasteiger partial charge in [0.05, 0.1) is 11.8 Å². The van der Waals surface area contributed by atoms with Crippen LogP contribution in [0.1, 0.15) is 36.0 Å². The molecular formula is C12H14ClNO4. The van der Waals surface area contributed by atoms with Crippen LogP contribution < -0.4 is 0 Å². The fraction of sp³-hybridized carbons (Fsp3) is 0.500. The Morgan fingerprint density at radius 3 is 2.78 bits per heavy atom. The third kappa shape index (κ3) is 2.51. The average Bonchev–Trinajstić information content (AvgIpc) is 2.63. The summed E-state index contributed by atoms with van der Waals surface area (Å²) < 4.78 is 4.87. The molecule has 1 aromatic heterocycles. The molecule has 1 atom stereocenters. The molecule has 0 bridgehead atoms. The molecule has 1 N–H and O–H groups in total. The number of carboxylic acid groups (broad SMARTS) is 1. The van der Waals surface area contributed by atoms with Gasteiger partial charge in [-0.15, -0.1) is 0 Å². The van der Waals surface area contributed by atoms with E-state index in [0.717, 1.165) is 19.3 Å². The van der Waals surface area contributed by atoms with E-state index in [1.165, 1.54) is 17.2 Å². The molecule has 1 fully saturated rings. The van der Waals surface area contributed by atoms with E-state index in [9.17, 15) is 14.7 Å². The van der Waals surface area contributed by atoms with Crippen LogP contribution in [0.4, 0.5) is 0 Å². The van der Waals surface area contributed by atoms with Gasteiger partial charge in [0, 0.05) is 6.54 Å². The summed E-state index contributed by atoms with van der Waals surface area (Å²) in [7, 11) is 0. The van der Waals surface area contributed by atoms with Gasteiger partial charge < -0.3 is 14.4 Å². The summed E-state index contributed by atoms with van der Waals surface area (Å²) in [5.41, 5.74) is 0.227. The smallest absolute Gasteiger partial charge is 0.326 e. The van der Waals surface area contributed by atoms with Gasteiger partial charge in [-0.05, 0) is 30.5 Å². The molecule has 1 saturated heterocycles. The number of furan rings is 1. The Morgan fingerprint density at radius 1 is 1.39 bits per heavy atom. The number of aliphatic carboxylic acids is 1. The first-order valence-electron chi connectivity index (χ1n) is 5.88. The van der Waals surface area contributed by atoms with Crippen LogP contribution in [0.2, 0.25) is 5.22 Å². The zero-order chi connectivity index (χ0) is 13.1. The van der Waals surface area contributed by atoms with Gasteiger partial charge in [0.25, 0.3) is 5.91 Å². The molecule has 98 valence electrons. The summed E-state index contributed by atoms with van der Waals surface area (Å²) in [5.74, 6) is -1.34. The second-order valence-electron chi connectivity index (χ2n) is 4.31. The zero-order valence-electron chi connectivity index (χ0n) is 9.76. The minimum atomic E-state index is -0.968. The molecule has 0 spiro atoms. The van der Waals surface area contributed by atoms with Gasteiger partial charge in [0.15, 0.2) is 0 Å². The van der Waals surface area contributed by atoms with Crippen LogP contribution in [0.5, 0.6) is 0 Å². The molecule has 2 heterocycles. The normalized spacial score (nSPS) is 20.5. The fourth-order valence-electron chi connectivity index (χ4n) is 2.21. The number of carbonyl (C=O) groups excluding carboxylic acids is 1. The van der Waals surface area contributed by atoms with Crippen molar-refractivity contribution in [2.75, 3.05) is 6.54 Å². The second-order valence-corrected chi connectivity index (χ2v) is 4.65. The van der Waals surface area contributed by atoms with Crippen molar-refractivity contribution >= 4 is 23.5 Å². The van der Waals surface area contributed by atoms with E-state index < -0.39 is 12.0 Å². The van der Waals surface area contributed by atoms with E-state index in [4.69, 9.17) is 16.0 Å². The van der Waals surface area contributed by atoms with Gasteiger partial charge in [-0.25, -0.2) is 4.79 Å². The number of nitrogens with zero attached hydrogens (tertiary/aromatic N) is 1. The monoisotopic (exact) mass is 271 g/mol.